The Morgan fingerprint density at radius 3 is 2.59 bits per heavy atom. The predicted molar refractivity (Wildman–Crippen MR) is 71.8 cm³/mol. The second kappa shape index (κ2) is 5.67. The monoisotopic (exact) mass is 238 g/mol. The highest BCUT2D eigenvalue weighted by molar-refractivity contribution is 5.79. The quantitative estimate of drug-likeness (QED) is 0.763. The second-order valence-corrected chi connectivity index (χ2v) is 5.97. The van der Waals surface area contributed by atoms with Crippen molar-refractivity contribution in [3.63, 3.8) is 0 Å². The largest absolute Gasteiger partial charge is 0.338 e. The number of carbonyl (C=O) groups is 1. The van der Waals surface area contributed by atoms with E-state index in [1.807, 2.05) is 18.9 Å². The Balaban J connectivity index is 2.57. The van der Waals surface area contributed by atoms with Crippen molar-refractivity contribution in [1.82, 2.24) is 10.2 Å². The van der Waals surface area contributed by atoms with Crippen LogP contribution in [0.4, 0.5) is 0 Å². The molecule has 1 heterocycles. The number of rotatable bonds is 3. The Morgan fingerprint density at radius 1 is 1.53 bits per heavy atom. The first-order valence-corrected chi connectivity index (χ1v) is 6.49. The molecule has 0 fully saturated rings. The summed E-state index contributed by atoms with van der Waals surface area (Å²) < 4.78 is 0. The minimum Gasteiger partial charge on any atom is -0.338 e. The average molecular weight is 238 g/mol. The molecule has 17 heavy (non-hydrogen) atoms. The first-order valence-electron chi connectivity index (χ1n) is 6.49. The van der Waals surface area contributed by atoms with Gasteiger partial charge in [0.15, 0.2) is 0 Å². The fourth-order valence-electron chi connectivity index (χ4n) is 2.26. The molecule has 0 aromatic heterocycles. The van der Waals surface area contributed by atoms with Crippen LogP contribution in [0.1, 0.15) is 34.1 Å². The number of nitrogens with one attached hydrogen (secondary N) is 1. The summed E-state index contributed by atoms with van der Waals surface area (Å²) in [6, 6.07) is 0. The van der Waals surface area contributed by atoms with Gasteiger partial charge in [0.05, 0.1) is 0 Å². The molecule has 1 N–H and O–H groups in total. The zero-order valence-electron chi connectivity index (χ0n) is 11.8. The maximum atomic E-state index is 12.1. The summed E-state index contributed by atoms with van der Waals surface area (Å²) >= 11 is 0. The summed E-state index contributed by atoms with van der Waals surface area (Å²) in [5, 5.41) is 3.06. The average Bonchev–Trinajstić information content (AvgIpc) is 2.27. The van der Waals surface area contributed by atoms with Crippen molar-refractivity contribution in [3.8, 4) is 0 Å². The zero-order valence-corrected chi connectivity index (χ0v) is 11.8. The van der Waals surface area contributed by atoms with Gasteiger partial charge in [0.2, 0.25) is 5.91 Å². The van der Waals surface area contributed by atoms with Gasteiger partial charge in [0, 0.05) is 25.6 Å². The van der Waals surface area contributed by atoms with E-state index in [9.17, 15) is 4.79 Å². The van der Waals surface area contributed by atoms with Crippen LogP contribution in [0.2, 0.25) is 0 Å². The van der Waals surface area contributed by atoms with Crippen LogP contribution in [-0.4, -0.2) is 37.5 Å². The van der Waals surface area contributed by atoms with Gasteiger partial charge < -0.3 is 10.2 Å². The van der Waals surface area contributed by atoms with Gasteiger partial charge in [0.1, 0.15) is 0 Å². The number of amides is 1. The molecule has 1 unspecified atom stereocenters. The first kappa shape index (κ1) is 14.2. The Labute approximate surface area is 105 Å². The van der Waals surface area contributed by atoms with Crippen LogP contribution >= 0.6 is 0 Å². The standard InChI is InChI=1S/C14H26N2O/c1-11(10-15-5)13(17)16-8-6-12(7-9-16)14(2,3)4/h6,11,15H,7-10H2,1-5H3. The van der Waals surface area contributed by atoms with Gasteiger partial charge in [-0.25, -0.2) is 0 Å². The molecule has 0 aromatic carbocycles. The lowest BCUT2D eigenvalue weighted by atomic mass is 9.83. The summed E-state index contributed by atoms with van der Waals surface area (Å²) in [6.45, 7) is 11.1. The van der Waals surface area contributed by atoms with E-state index in [1.54, 1.807) is 0 Å². The number of nitrogens with zero attached hydrogens (tertiary/aromatic N) is 1. The molecule has 0 saturated carbocycles. The molecule has 0 saturated heterocycles. The minimum atomic E-state index is 0.0737. The maximum Gasteiger partial charge on any atom is 0.226 e. The lowest BCUT2D eigenvalue weighted by molar-refractivity contribution is -0.134. The molecule has 3 heteroatoms. The molecule has 1 amide bonds. The molecular weight excluding hydrogens is 212 g/mol. The summed E-state index contributed by atoms with van der Waals surface area (Å²) in [5.74, 6) is 0.341. The highest BCUT2D eigenvalue weighted by atomic mass is 16.2. The smallest absolute Gasteiger partial charge is 0.226 e. The second-order valence-electron chi connectivity index (χ2n) is 5.97. The van der Waals surface area contributed by atoms with Gasteiger partial charge in [0.25, 0.3) is 0 Å². The van der Waals surface area contributed by atoms with Gasteiger partial charge in [-0.05, 0) is 18.9 Å². The molecule has 1 aliphatic heterocycles. The van der Waals surface area contributed by atoms with Gasteiger partial charge in [-0.2, -0.15) is 0 Å². The van der Waals surface area contributed by atoms with Crippen LogP contribution in [0.5, 0.6) is 0 Å². The van der Waals surface area contributed by atoms with E-state index in [0.717, 1.165) is 26.1 Å². The molecule has 0 aliphatic carbocycles. The topological polar surface area (TPSA) is 32.3 Å². The van der Waals surface area contributed by atoms with Gasteiger partial charge in [-0.3, -0.25) is 4.79 Å². The van der Waals surface area contributed by atoms with Crippen LogP contribution in [0.25, 0.3) is 0 Å². The molecule has 0 aromatic rings. The molecule has 98 valence electrons. The van der Waals surface area contributed by atoms with Crippen molar-refractivity contribution in [2.75, 3.05) is 26.7 Å². The van der Waals surface area contributed by atoms with Gasteiger partial charge >= 0.3 is 0 Å². The van der Waals surface area contributed by atoms with Crippen LogP contribution in [0.3, 0.4) is 0 Å². The molecule has 0 bridgehead atoms. The Hall–Kier alpha value is -0.830. The van der Waals surface area contributed by atoms with Gasteiger partial charge in [-0.15, -0.1) is 0 Å². The van der Waals surface area contributed by atoms with E-state index in [2.05, 4.69) is 32.2 Å². The summed E-state index contributed by atoms with van der Waals surface area (Å²) in [6.07, 6.45) is 3.25. The van der Waals surface area contributed by atoms with E-state index >= 15 is 0 Å². The Morgan fingerprint density at radius 2 is 2.18 bits per heavy atom. The third-order valence-corrected chi connectivity index (χ3v) is 3.42. The van der Waals surface area contributed by atoms with Crippen LogP contribution in [0, 0.1) is 11.3 Å². The van der Waals surface area contributed by atoms with E-state index in [-0.39, 0.29) is 17.2 Å². The SMILES string of the molecule is CNCC(C)C(=O)N1CC=C(C(C)(C)C)CC1. The lowest BCUT2D eigenvalue weighted by Crippen LogP contribution is -2.41. The van der Waals surface area contributed by atoms with Crippen molar-refractivity contribution < 1.29 is 4.79 Å². The molecule has 0 spiro atoms. The number of carbonyl (C=O) groups excluding carboxylic acids is 1. The third-order valence-electron chi connectivity index (χ3n) is 3.42. The molecule has 1 atom stereocenters. The van der Waals surface area contributed by atoms with E-state index in [4.69, 9.17) is 0 Å². The lowest BCUT2D eigenvalue weighted by Gasteiger charge is -2.33. The molecule has 1 aliphatic rings. The Bertz CT molecular complexity index is 302. The van der Waals surface area contributed by atoms with Crippen molar-refractivity contribution in [3.05, 3.63) is 11.6 Å². The van der Waals surface area contributed by atoms with Crippen LogP contribution < -0.4 is 5.32 Å². The minimum absolute atomic E-state index is 0.0737. The fraction of sp³-hybridized carbons (Fsp3) is 0.786. The van der Waals surface area contributed by atoms with Crippen molar-refractivity contribution in [2.24, 2.45) is 11.3 Å². The van der Waals surface area contributed by atoms with Gasteiger partial charge in [-0.1, -0.05) is 39.3 Å². The fourth-order valence-corrected chi connectivity index (χ4v) is 2.26. The summed E-state index contributed by atoms with van der Waals surface area (Å²) in [7, 11) is 1.89. The van der Waals surface area contributed by atoms with E-state index in [0.29, 0.717) is 0 Å². The predicted octanol–water partition coefficient (Wildman–Crippen LogP) is 2.05. The molecule has 0 radical (unpaired) electrons. The summed E-state index contributed by atoms with van der Waals surface area (Å²) in [5.41, 5.74) is 1.72. The van der Waals surface area contributed by atoms with E-state index in [1.165, 1.54) is 5.57 Å². The van der Waals surface area contributed by atoms with Crippen LogP contribution in [-0.2, 0) is 4.79 Å². The normalized spacial score (nSPS) is 18.9. The van der Waals surface area contributed by atoms with Crippen molar-refractivity contribution in [1.29, 1.82) is 0 Å². The number of hydrogen-bond donors (Lipinski definition) is 1. The number of hydrogen-bond acceptors (Lipinski definition) is 2. The third kappa shape index (κ3) is 3.84. The molecular formula is C14H26N2O. The van der Waals surface area contributed by atoms with E-state index < -0.39 is 0 Å². The molecule has 3 nitrogen and oxygen atoms in total. The van der Waals surface area contributed by atoms with Crippen LogP contribution in [0.15, 0.2) is 11.6 Å². The highest BCUT2D eigenvalue weighted by Gasteiger charge is 2.25. The molecule has 1 rings (SSSR count). The highest BCUT2D eigenvalue weighted by Crippen LogP contribution is 2.30. The maximum absolute atomic E-state index is 12.1. The Kier molecular flexibility index (Phi) is 4.75. The summed E-state index contributed by atoms with van der Waals surface area (Å²) in [4.78, 5) is 14.1. The van der Waals surface area contributed by atoms with Crippen molar-refractivity contribution >= 4 is 5.91 Å². The van der Waals surface area contributed by atoms with Crippen molar-refractivity contribution in [2.45, 2.75) is 34.1 Å². The first-order chi connectivity index (χ1) is 7.86. The zero-order chi connectivity index (χ0) is 13.1.